The second-order valence-corrected chi connectivity index (χ2v) is 10.8. The largest absolute Gasteiger partial charge is 0.439 e. The van der Waals surface area contributed by atoms with Gasteiger partial charge in [0.2, 0.25) is 11.8 Å². The van der Waals surface area contributed by atoms with Gasteiger partial charge in [-0.1, -0.05) is 30.7 Å². The van der Waals surface area contributed by atoms with Gasteiger partial charge in [-0.15, -0.1) is 0 Å². The quantitative estimate of drug-likeness (QED) is 0.287. The second-order valence-electron chi connectivity index (χ2n) is 10.8. The molecule has 0 aliphatic carbocycles. The number of ether oxygens (including phenoxy) is 1. The van der Waals surface area contributed by atoms with Crippen LogP contribution in [0.5, 0.6) is 11.6 Å². The topological polar surface area (TPSA) is 102 Å². The molecule has 9 nitrogen and oxygen atoms in total. The molecule has 0 radical (unpaired) electrons. The minimum Gasteiger partial charge on any atom is -0.439 e. The first-order chi connectivity index (χ1) is 20.3. The lowest BCUT2D eigenvalue weighted by Crippen LogP contribution is -2.60. The Balaban J connectivity index is 1.23. The lowest BCUT2D eigenvalue weighted by atomic mass is 9.92. The highest BCUT2D eigenvalue weighted by Crippen LogP contribution is 2.37. The van der Waals surface area contributed by atoms with Crippen molar-refractivity contribution in [1.82, 2.24) is 29.3 Å². The third-order valence-electron chi connectivity index (χ3n) is 7.99. The summed E-state index contributed by atoms with van der Waals surface area (Å²) in [4.78, 5) is 28.7. The molecule has 2 aliphatic rings. The van der Waals surface area contributed by atoms with E-state index in [-0.39, 0.29) is 24.4 Å². The van der Waals surface area contributed by atoms with E-state index in [9.17, 15) is 9.18 Å². The number of nitrogens with zero attached hydrogens (tertiary/aromatic N) is 6. The van der Waals surface area contributed by atoms with Gasteiger partial charge in [0.1, 0.15) is 35.4 Å². The molecular weight excluding hydrogens is 533 g/mol. The van der Waals surface area contributed by atoms with E-state index >= 15 is 0 Å². The van der Waals surface area contributed by atoms with Crippen LogP contribution < -0.4 is 10.5 Å². The number of hydrogen-bond donors (Lipinski definition) is 1. The molecule has 10 heteroatoms. The van der Waals surface area contributed by atoms with Gasteiger partial charge >= 0.3 is 0 Å². The Kier molecular flexibility index (Phi) is 7.35. The number of aryl methyl sites for hydroxylation is 2. The number of aromatic nitrogens is 4. The maximum absolute atomic E-state index is 14.9. The Labute approximate surface area is 243 Å². The Morgan fingerprint density at radius 1 is 1.17 bits per heavy atom. The molecule has 2 aliphatic heterocycles. The van der Waals surface area contributed by atoms with Crippen molar-refractivity contribution in [3.05, 3.63) is 72.8 Å². The van der Waals surface area contributed by atoms with Crippen molar-refractivity contribution in [2.75, 3.05) is 31.9 Å². The molecule has 2 saturated heterocycles. The third kappa shape index (κ3) is 5.19. The summed E-state index contributed by atoms with van der Waals surface area (Å²) in [5, 5.41) is 0.745. The first kappa shape index (κ1) is 27.4. The zero-order valence-electron chi connectivity index (χ0n) is 23.6. The lowest BCUT2D eigenvalue weighted by Gasteiger charge is -2.46. The highest BCUT2D eigenvalue weighted by Gasteiger charge is 2.39. The summed E-state index contributed by atoms with van der Waals surface area (Å²) in [5.41, 5.74) is 10.5. The normalized spacial score (nSPS) is 19.2. The fourth-order valence-corrected chi connectivity index (χ4v) is 5.77. The first-order valence-corrected chi connectivity index (χ1v) is 13.9. The number of amides is 1. The molecule has 6 rings (SSSR count). The van der Waals surface area contributed by atoms with Gasteiger partial charge in [0.15, 0.2) is 0 Å². The fourth-order valence-electron chi connectivity index (χ4n) is 5.77. The van der Waals surface area contributed by atoms with Crippen LogP contribution in [0, 0.1) is 24.7 Å². The number of rotatable bonds is 5. The number of hydrogen-bond acceptors (Lipinski definition) is 7. The van der Waals surface area contributed by atoms with Gasteiger partial charge in [-0.3, -0.25) is 9.69 Å². The number of anilines is 1. The molecule has 0 saturated carbocycles. The molecule has 1 amide bonds. The summed E-state index contributed by atoms with van der Waals surface area (Å²) in [5.74, 6) is 8.25. The summed E-state index contributed by atoms with van der Waals surface area (Å²) >= 11 is 0. The van der Waals surface area contributed by atoms with E-state index in [1.54, 1.807) is 0 Å². The van der Waals surface area contributed by atoms with E-state index in [0.29, 0.717) is 49.1 Å². The summed E-state index contributed by atoms with van der Waals surface area (Å²) in [7, 11) is 1.92. The molecule has 3 aromatic heterocycles. The Bertz CT molecular complexity index is 1720. The van der Waals surface area contributed by atoms with Gasteiger partial charge < -0.3 is 19.9 Å². The molecule has 2 atom stereocenters. The van der Waals surface area contributed by atoms with Crippen LogP contribution in [0.3, 0.4) is 0 Å². The van der Waals surface area contributed by atoms with Crippen molar-refractivity contribution in [3.63, 3.8) is 0 Å². The number of nitrogens with two attached hydrogens (primary N) is 1. The molecule has 0 spiro atoms. The highest BCUT2D eigenvalue weighted by atomic mass is 19.1. The van der Waals surface area contributed by atoms with Crippen molar-refractivity contribution >= 4 is 22.8 Å². The standard InChI is InChI=1S/C32H32FN7O2/c1-4-28(41)39-15-14-25(24(33)18-39)40-16-21(17-40)8-13-26-29(30-31(34)35-19-36-32(30)38(26)3)22-9-11-23(12-10-22)42-27-7-5-6-20(2)37-27/h4-7,9-12,19,21,24-25H,1,14-18H2,2-3H3,(H2,34,35,36). The van der Waals surface area contributed by atoms with Gasteiger partial charge in [0, 0.05) is 56.0 Å². The third-order valence-corrected chi connectivity index (χ3v) is 7.99. The molecular formula is C32H32FN7O2. The van der Waals surface area contributed by atoms with Gasteiger partial charge in [-0.05, 0) is 49.1 Å². The Hall–Kier alpha value is -4.75. The number of pyridine rings is 1. The maximum Gasteiger partial charge on any atom is 0.246 e. The van der Waals surface area contributed by atoms with E-state index in [0.717, 1.165) is 27.9 Å². The van der Waals surface area contributed by atoms with Crippen LogP contribution in [0.4, 0.5) is 10.2 Å². The number of benzene rings is 1. The molecule has 5 heterocycles. The van der Waals surface area contributed by atoms with Crippen molar-refractivity contribution in [1.29, 1.82) is 0 Å². The monoisotopic (exact) mass is 565 g/mol. The summed E-state index contributed by atoms with van der Waals surface area (Å²) < 4.78 is 22.8. The van der Waals surface area contributed by atoms with Crippen LogP contribution in [0.15, 0.2) is 61.4 Å². The van der Waals surface area contributed by atoms with E-state index in [2.05, 4.69) is 38.3 Å². The SMILES string of the molecule is C=CC(=O)N1CCC(N2CC(C#Cc3c(-c4ccc(Oc5cccc(C)n5)cc4)c4c(N)ncnc4n3C)C2)C(F)C1. The number of piperidine rings is 1. The van der Waals surface area contributed by atoms with E-state index in [1.807, 2.05) is 61.0 Å². The highest BCUT2D eigenvalue weighted by molar-refractivity contribution is 6.03. The van der Waals surface area contributed by atoms with Crippen molar-refractivity contribution in [2.45, 2.75) is 25.6 Å². The Morgan fingerprint density at radius 3 is 2.67 bits per heavy atom. The Morgan fingerprint density at radius 2 is 1.95 bits per heavy atom. The minimum absolute atomic E-state index is 0.107. The summed E-state index contributed by atoms with van der Waals surface area (Å²) in [6.45, 7) is 7.45. The van der Waals surface area contributed by atoms with E-state index < -0.39 is 6.17 Å². The van der Waals surface area contributed by atoms with Crippen LogP contribution in [-0.4, -0.2) is 73.6 Å². The molecule has 42 heavy (non-hydrogen) atoms. The molecule has 2 unspecified atom stereocenters. The molecule has 214 valence electrons. The van der Waals surface area contributed by atoms with Gasteiger partial charge in [-0.25, -0.2) is 19.3 Å². The predicted octanol–water partition coefficient (Wildman–Crippen LogP) is 4.12. The fraction of sp³-hybridized carbons (Fsp3) is 0.312. The summed E-state index contributed by atoms with van der Waals surface area (Å²) in [6, 6.07) is 13.2. The van der Waals surface area contributed by atoms with Crippen molar-refractivity contribution < 1.29 is 13.9 Å². The predicted molar refractivity (Wildman–Crippen MR) is 159 cm³/mol. The number of carbonyl (C=O) groups excluding carboxylic acids is 1. The number of likely N-dealkylation sites (tertiary alicyclic amines) is 2. The lowest BCUT2D eigenvalue weighted by molar-refractivity contribution is -0.130. The second kappa shape index (κ2) is 11.3. The average molecular weight is 566 g/mol. The van der Waals surface area contributed by atoms with Crippen LogP contribution in [0.1, 0.15) is 17.8 Å². The van der Waals surface area contributed by atoms with E-state index in [4.69, 9.17) is 10.5 Å². The van der Waals surface area contributed by atoms with Gasteiger partial charge in [0.25, 0.3) is 0 Å². The molecule has 4 aromatic rings. The number of nitrogen functional groups attached to an aromatic ring is 1. The van der Waals surface area contributed by atoms with Crippen molar-refractivity contribution in [2.24, 2.45) is 13.0 Å². The van der Waals surface area contributed by atoms with Crippen LogP contribution >= 0.6 is 0 Å². The smallest absolute Gasteiger partial charge is 0.246 e. The van der Waals surface area contributed by atoms with Gasteiger partial charge in [-0.2, -0.15) is 0 Å². The average Bonchev–Trinajstić information content (AvgIpc) is 3.25. The van der Waals surface area contributed by atoms with Crippen LogP contribution in [-0.2, 0) is 11.8 Å². The molecule has 2 N–H and O–H groups in total. The number of alkyl halides is 1. The number of carbonyl (C=O) groups is 1. The number of halogens is 1. The van der Waals surface area contributed by atoms with Crippen LogP contribution in [0.2, 0.25) is 0 Å². The molecule has 1 aromatic carbocycles. The van der Waals surface area contributed by atoms with Gasteiger partial charge in [0.05, 0.1) is 11.9 Å². The van der Waals surface area contributed by atoms with Crippen LogP contribution in [0.25, 0.3) is 22.2 Å². The van der Waals surface area contributed by atoms with E-state index in [1.165, 1.54) is 17.3 Å². The minimum atomic E-state index is -1.09. The first-order valence-electron chi connectivity index (χ1n) is 13.9. The zero-order chi connectivity index (χ0) is 29.4. The van der Waals surface area contributed by atoms with Crippen molar-refractivity contribution in [3.8, 4) is 34.6 Å². The summed E-state index contributed by atoms with van der Waals surface area (Å²) in [6.07, 6.45) is 2.21. The molecule has 2 fully saturated rings. The number of fused-ring (bicyclic) bond motifs is 1. The zero-order valence-corrected chi connectivity index (χ0v) is 23.6. The molecule has 0 bridgehead atoms. The maximum atomic E-state index is 14.9.